The number of amides is 1. The highest BCUT2D eigenvalue weighted by atomic mass is 16.2. The predicted molar refractivity (Wildman–Crippen MR) is 131 cm³/mol. The highest BCUT2D eigenvalue weighted by Gasteiger charge is 2.21. The van der Waals surface area contributed by atoms with Gasteiger partial charge in [-0.15, -0.1) is 0 Å². The van der Waals surface area contributed by atoms with Gasteiger partial charge in [0.15, 0.2) is 0 Å². The maximum atomic E-state index is 12.9. The molecule has 1 aromatic heterocycles. The van der Waals surface area contributed by atoms with E-state index in [1.807, 2.05) is 47.4 Å². The van der Waals surface area contributed by atoms with E-state index in [0.29, 0.717) is 11.8 Å². The molecule has 6 heteroatoms. The third-order valence-electron chi connectivity index (χ3n) is 6.31. The fraction of sp³-hybridized carbons (Fsp3) is 0.222. The Kier molecular flexibility index (Phi) is 5.65. The van der Waals surface area contributed by atoms with Crippen molar-refractivity contribution in [2.75, 3.05) is 31.1 Å². The molecule has 0 saturated carbocycles. The number of carbonyl (C=O) groups excluding carboxylic acids is 1. The zero-order valence-corrected chi connectivity index (χ0v) is 18.6. The molecule has 6 nitrogen and oxygen atoms in total. The zero-order chi connectivity index (χ0) is 22.8. The number of H-pyrrole nitrogens is 1. The van der Waals surface area contributed by atoms with Crippen molar-refractivity contribution in [3.05, 3.63) is 94.3 Å². The molecule has 0 unspecified atom stereocenters. The first-order valence-corrected chi connectivity index (χ1v) is 11.2. The third-order valence-corrected chi connectivity index (χ3v) is 6.31. The largest absolute Gasteiger partial charge is 0.368 e. The molecule has 1 amide bonds. The average Bonchev–Trinajstić information content (AvgIpc) is 2.86. The highest BCUT2D eigenvalue weighted by Crippen LogP contribution is 2.24. The lowest BCUT2D eigenvalue weighted by Crippen LogP contribution is -2.49. The summed E-state index contributed by atoms with van der Waals surface area (Å²) >= 11 is 0. The predicted octanol–water partition coefficient (Wildman–Crippen LogP) is 3.79. The van der Waals surface area contributed by atoms with Crippen molar-refractivity contribution >= 4 is 22.4 Å². The monoisotopic (exact) mass is 438 g/mol. The van der Waals surface area contributed by atoms with Gasteiger partial charge in [0.1, 0.15) is 0 Å². The average molecular weight is 439 g/mol. The smallest absolute Gasteiger partial charge is 0.272 e. The Balaban J connectivity index is 1.24. The Labute approximate surface area is 192 Å². The van der Waals surface area contributed by atoms with E-state index in [1.165, 1.54) is 11.3 Å². The fourth-order valence-corrected chi connectivity index (χ4v) is 4.37. The van der Waals surface area contributed by atoms with Crippen molar-refractivity contribution in [2.24, 2.45) is 0 Å². The van der Waals surface area contributed by atoms with E-state index < -0.39 is 0 Å². The van der Waals surface area contributed by atoms with Gasteiger partial charge in [-0.2, -0.15) is 5.10 Å². The number of fused-ring (bicyclic) bond motifs is 1. The van der Waals surface area contributed by atoms with Crippen LogP contribution in [0, 0.1) is 6.92 Å². The Morgan fingerprint density at radius 2 is 1.55 bits per heavy atom. The van der Waals surface area contributed by atoms with Gasteiger partial charge in [0, 0.05) is 42.8 Å². The lowest BCUT2D eigenvalue weighted by molar-refractivity contribution is -0.130. The molecule has 0 aliphatic carbocycles. The van der Waals surface area contributed by atoms with Crippen LogP contribution in [0.5, 0.6) is 0 Å². The van der Waals surface area contributed by atoms with E-state index in [2.05, 4.69) is 46.3 Å². The Hall–Kier alpha value is -3.93. The molecule has 166 valence electrons. The number of piperazine rings is 1. The van der Waals surface area contributed by atoms with Crippen molar-refractivity contribution in [3.63, 3.8) is 0 Å². The van der Waals surface area contributed by atoms with Crippen molar-refractivity contribution in [1.29, 1.82) is 0 Å². The second kappa shape index (κ2) is 8.90. The number of nitrogens with zero attached hydrogens (tertiary/aromatic N) is 3. The van der Waals surface area contributed by atoms with Crippen LogP contribution in [0.15, 0.2) is 77.6 Å². The number of carbonyl (C=O) groups is 1. The van der Waals surface area contributed by atoms with Crippen LogP contribution in [0.3, 0.4) is 0 Å². The summed E-state index contributed by atoms with van der Waals surface area (Å²) in [7, 11) is 0. The van der Waals surface area contributed by atoms with Crippen LogP contribution in [-0.2, 0) is 11.2 Å². The lowest BCUT2D eigenvalue weighted by Gasteiger charge is -2.36. The summed E-state index contributed by atoms with van der Waals surface area (Å²) in [4.78, 5) is 29.2. The van der Waals surface area contributed by atoms with Crippen LogP contribution >= 0.6 is 0 Å². The number of nitrogens with one attached hydrogen (secondary N) is 1. The van der Waals surface area contributed by atoms with Gasteiger partial charge in [-0.3, -0.25) is 9.59 Å². The topological polar surface area (TPSA) is 69.3 Å². The summed E-state index contributed by atoms with van der Waals surface area (Å²) in [5.74, 6) is 0.152. The molecule has 1 fully saturated rings. The Bertz CT molecular complexity index is 1340. The normalized spacial score (nSPS) is 14.0. The number of rotatable bonds is 4. The first-order chi connectivity index (χ1) is 16.1. The molecule has 0 atom stereocenters. The number of benzene rings is 3. The van der Waals surface area contributed by atoms with Gasteiger partial charge in [0.2, 0.25) is 5.91 Å². The van der Waals surface area contributed by atoms with E-state index >= 15 is 0 Å². The molecule has 2 heterocycles. The number of aromatic nitrogens is 2. The summed E-state index contributed by atoms with van der Waals surface area (Å²) in [6, 6.07) is 23.9. The van der Waals surface area contributed by atoms with Crippen LogP contribution in [0.2, 0.25) is 0 Å². The summed E-state index contributed by atoms with van der Waals surface area (Å²) in [5.41, 5.74) is 4.88. The van der Waals surface area contributed by atoms with Gasteiger partial charge in [-0.25, -0.2) is 5.10 Å². The number of anilines is 1. The molecule has 4 aromatic rings. The highest BCUT2D eigenvalue weighted by molar-refractivity contribution is 5.93. The van der Waals surface area contributed by atoms with Crippen LogP contribution < -0.4 is 10.5 Å². The van der Waals surface area contributed by atoms with Gasteiger partial charge < -0.3 is 9.80 Å². The lowest BCUT2D eigenvalue weighted by atomic mass is 10.0. The molecule has 1 aliphatic rings. The van der Waals surface area contributed by atoms with Gasteiger partial charge in [-0.1, -0.05) is 60.2 Å². The number of hydrogen-bond acceptors (Lipinski definition) is 4. The van der Waals surface area contributed by atoms with Crippen LogP contribution in [-0.4, -0.2) is 47.2 Å². The number of aryl methyl sites for hydroxylation is 1. The van der Waals surface area contributed by atoms with E-state index in [1.54, 1.807) is 6.07 Å². The molecule has 33 heavy (non-hydrogen) atoms. The maximum Gasteiger partial charge on any atom is 0.272 e. The second-order valence-corrected chi connectivity index (χ2v) is 8.52. The summed E-state index contributed by atoms with van der Waals surface area (Å²) in [6.45, 7) is 5.25. The molecule has 5 rings (SSSR count). The summed E-state index contributed by atoms with van der Waals surface area (Å²) in [5, 5.41) is 8.27. The maximum absolute atomic E-state index is 12.9. The van der Waals surface area contributed by atoms with Crippen molar-refractivity contribution < 1.29 is 4.79 Å². The van der Waals surface area contributed by atoms with Gasteiger partial charge in [-0.05, 0) is 30.7 Å². The molecular weight excluding hydrogens is 412 g/mol. The number of hydrogen-bond donors (Lipinski definition) is 1. The first-order valence-electron chi connectivity index (χ1n) is 11.2. The van der Waals surface area contributed by atoms with Gasteiger partial charge in [0.05, 0.1) is 17.5 Å². The van der Waals surface area contributed by atoms with Crippen molar-refractivity contribution in [3.8, 4) is 11.3 Å². The fourth-order valence-electron chi connectivity index (χ4n) is 4.37. The van der Waals surface area contributed by atoms with Crippen LogP contribution in [0.25, 0.3) is 22.0 Å². The van der Waals surface area contributed by atoms with Crippen molar-refractivity contribution in [2.45, 2.75) is 13.3 Å². The third kappa shape index (κ3) is 4.37. The second-order valence-electron chi connectivity index (χ2n) is 8.52. The molecule has 1 saturated heterocycles. The zero-order valence-electron chi connectivity index (χ0n) is 18.6. The van der Waals surface area contributed by atoms with Crippen LogP contribution in [0.1, 0.15) is 11.1 Å². The minimum atomic E-state index is -0.195. The standard InChI is InChI=1S/C27H26N4O2/c1-19-6-12-22(13-7-19)30-14-16-31(17-15-30)25(32)18-20-8-10-21(11-9-20)26-23-4-2-3-5-24(23)27(33)29-28-26/h2-13H,14-18H2,1H3,(H,29,33). The molecule has 0 radical (unpaired) electrons. The minimum Gasteiger partial charge on any atom is -0.368 e. The van der Waals surface area contributed by atoms with Crippen molar-refractivity contribution in [1.82, 2.24) is 15.1 Å². The Morgan fingerprint density at radius 1 is 0.879 bits per heavy atom. The summed E-state index contributed by atoms with van der Waals surface area (Å²) in [6.07, 6.45) is 0.380. The SMILES string of the molecule is Cc1ccc(N2CCN(C(=O)Cc3ccc(-c4n[nH]c(=O)c5ccccc45)cc3)CC2)cc1. The summed E-state index contributed by atoms with van der Waals surface area (Å²) < 4.78 is 0. The Morgan fingerprint density at radius 3 is 2.24 bits per heavy atom. The quantitative estimate of drug-likeness (QED) is 0.526. The molecule has 1 aliphatic heterocycles. The van der Waals surface area contributed by atoms with Gasteiger partial charge >= 0.3 is 0 Å². The van der Waals surface area contributed by atoms with E-state index in [0.717, 1.165) is 48.4 Å². The van der Waals surface area contributed by atoms with E-state index in [9.17, 15) is 9.59 Å². The first kappa shape index (κ1) is 20.9. The van der Waals surface area contributed by atoms with E-state index in [4.69, 9.17) is 0 Å². The van der Waals surface area contributed by atoms with E-state index in [-0.39, 0.29) is 11.5 Å². The molecule has 0 spiro atoms. The number of aromatic amines is 1. The molecular formula is C27H26N4O2. The van der Waals surface area contributed by atoms with Gasteiger partial charge in [0.25, 0.3) is 5.56 Å². The molecule has 0 bridgehead atoms. The minimum absolute atomic E-state index is 0.152. The molecule has 3 aromatic carbocycles. The molecule has 1 N–H and O–H groups in total. The van der Waals surface area contributed by atoms with Crippen LogP contribution in [0.4, 0.5) is 5.69 Å².